The number of ether oxygens (including phenoxy) is 2. The molecule has 1 aliphatic heterocycles. The number of hydrogen-bond donors (Lipinski definition) is 0. The van der Waals surface area contributed by atoms with E-state index in [9.17, 15) is 13.2 Å². The van der Waals surface area contributed by atoms with Gasteiger partial charge >= 0.3 is 6.18 Å². The Kier molecular flexibility index (Phi) is 6.50. The maximum absolute atomic E-state index is 12.4. The second-order valence-electron chi connectivity index (χ2n) is 7.55. The number of aromatic nitrogens is 6. The number of aryl methyl sites for hydroxylation is 1. The number of alkyl halides is 3. The van der Waals surface area contributed by atoms with Crippen LogP contribution in [0.15, 0.2) is 24.5 Å². The summed E-state index contributed by atoms with van der Waals surface area (Å²) in [6, 6.07) is 3.37. The van der Waals surface area contributed by atoms with E-state index in [0.29, 0.717) is 35.4 Å². The van der Waals surface area contributed by atoms with Crippen molar-refractivity contribution in [1.82, 2.24) is 29.5 Å². The molecule has 0 bridgehead atoms. The first-order chi connectivity index (χ1) is 15.2. The molecule has 0 aliphatic carbocycles. The van der Waals surface area contributed by atoms with Gasteiger partial charge in [-0.05, 0) is 25.5 Å². The fraction of sp³-hybridized carbons (Fsp3) is 0.500. The maximum Gasteiger partial charge on any atom is 0.411 e. The van der Waals surface area contributed by atoms with E-state index in [0.717, 1.165) is 11.3 Å². The van der Waals surface area contributed by atoms with Crippen molar-refractivity contribution >= 4 is 11.6 Å². The molecule has 32 heavy (non-hydrogen) atoms. The molecule has 0 amide bonds. The first-order valence-electron chi connectivity index (χ1n) is 10.0. The zero-order valence-electron chi connectivity index (χ0n) is 17.5. The Hall–Kier alpha value is -2.50. The van der Waals surface area contributed by atoms with Gasteiger partial charge in [0, 0.05) is 36.7 Å². The summed E-state index contributed by atoms with van der Waals surface area (Å²) in [5.41, 5.74) is 2.58. The van der Waals surface area contributed by atoms with Crippen LogP contribution in [-0.2, 0) is 23.1 Å². The van der Waals surface area contributed by atoms with E-state index in [1.807, 2.05) is 14.0 Å². The van der Waals surface area contributed by atoms with Gasteiger partial charge in [0.15, 0.2) is 5.82 Å². The molecule has 0 N–H and O–H groups in total. The van der Waals surface area contributed by atoms with E-state index in [4.69, 9.17) is 26.1 Å². The molecule has 12 heteroatoms. The lowest BCUT2D eigenvalue weighted by Gasteiger charge is -2.18. The number of halogens is 4. The lowest BCUT2D eigenvalue weighted by Crippen LogP contribution is -2.21. The van der Waals surface area contributed by atoms with Gasteiger partial charge in [-0.15, -0.1) is 0 Å². The Labute approximate surface area is 187 Å². The molecule has 8 nitrogen and oxygen atoms in total. The third kappa shape index (κ3) is 4.94. The Bertz CT molecular complexity index is 1070. The van der Waals surface area contributed by atoms with E-state index >= 15 is 0 Å². The minimum absolute atomic E-state index is 0.120. The van der Waals surface area contributed by atoms with Gasteiger partial charge in [0.05, 0.1) is 31.4 Å². The van der Waals surface area contributed by atoms with Crippen LogP contribution in [0.25, 0.3) is 11.4 Å². The van der Waals surface area contributed by atoms with Crippen molar-refractivity contribution in [2.45, 2.75) is 38.1 Å². The molecule has 4 heterocycles. The minimum Gasteiger partial charge on any atom is -0.373 e. The summed E-state index contributed by atoms with van der Waals surface area (Å²) in [6.45, 7) is 1.14. The molecule has 3 aromatic heterocycles. The maximum atomic E-state index is 12.4. The molecule has 1 saturated heterocycles. The normalized spacial score (nSPS) is 19.1. The molecule has 0 unspecified atom stereocenters. The number of hydrogen-bond acceptors (Lipinski definition) is 6. The molecule has 0 aromatic carbocycles. The van der Waals surface area contributed by atoms with Crippen LogP contribution in [0.1, 0.15) is 35.5 Å². The van der Waals surface area contributed by atoms with Crippen LogP contribution in [0, 0.1) is 6.92 Å². The molecule has 4 rings (SSSR count). The molecule has 1 fully saturated rings. The van der Waals surface area contributed by atoms with Gasteiger partial charge in [0.1, 0.15) is 17.6 Å². The monoisotopic (exact) mass is 470 g/mol. The summed E-state index contributed by atoms with van der Waals surface area (Å²) in [5.74, 6) is 0.895. The average Bonchev–Trinajstić information content (AvgIpc) is 3.45. The fourth-order valence-corrected chi connectivity index (χ4v) is 3.83. The summed E-state index contributed by atoms with van der Waals surface area (Å²) in [6.07, 6.45) is -0.638. The summed E-state index contributed by atoms with van der Waals surface area (Å²) in [7, 11) is 1.86. The molecule has 1 aliphatic rings. The lowest BCUT2D eigenvalue weighted by molar-refractivity contribution is -0.174. The van der Waals surface area contributed by atoms with E-state index in [1.165, 1.54) is 0 Å². The van der Waals surface area contributed by atoms with Crippen LogP contribution >= 0.6 is 11.6 Å². The van der Waals surface area contributed by atoms with Gasteiger partial charge in [0.2, 0.25) is 0 Å². The van der Waals surface area contributed by atoms with E-state index in [1.54, 1.807) is 33.9 Å². The topological polar surface area (TPSA) is 79.9 Å². The zero-order chi connectivity index (χ0) is 22.9. The van der Waals surface area contributed by atoms with E-state index < -0.39 is 12.8 Å². The van der Waals surface area contributed by atoms with Crippen LogP contribution in [-0.4, -0.2) is 55.5 Å². The van der Waals surface area contributed by atoms with Crippen molar-refractivity contribution in [3.63, 3.8) is 0 Å². The Morgan fingerprint density at radius 1 is 1.28 bits per heavy atom. The summed E-state index contributed by atoms with van der Waals surface area (Å²) >= 11 is 5.87. The molecular weight excluding hydrogens is 449 g/mol. The third-order valence-electron chi connectivity index (χ3n) is 5.40. The van der Waals surface area contributed by atoms with Crippen molar-refractivity contribution in [1.29, 1.82) is 0 Å². The van der Waals surface area contributed by atoms with Gasteiger partial charge in [-0.2, -0.15) is 23.4 Å². The van der Waals surface area contributed by atoms with Gasteiger partial charge in [-0.1, -0.05) is 11.6 Å². The largest absolute Gasteiger partial charge is 0.411 e. The first kappa shape index (κ1) is 22.7. The quantitative estimate of drug-likeness (QED) is 0.385. The van der Waals surface area contributed by atoms with Crippen LogP contribution in [0.5, 0.6) is 0 Å². The first-order valence-corrected chi connectivity index (χ1v) is 10.4. The van der Waals surface area contributed by atoms with Gasteiger partial charge in [0.25, 0.3) is 0 Å². The minimum atomic E-state index is -4.38. The summed E-state index contributed by atoms with van der Waals surface area (Å²) < 4.78 is 51.5. The highest BCUT2D eigenvalue weighted by atomic mass is 35.5. The molecule has 0 spiro atoms. The highest BCUT2D eigenvalue weighted by molar-refractivity contribution is 6.29. The van der Waals surface area contributed by atoms with Crippen molar-refractivity contribution < 1.29 is 22.6 Å². The zero-order valence-corrected chi connectivity index (χ0v) is 18.3. The van der Waals surface area contributed by atoms with E-state index in [2.05, 4.69) is 15.2 Å². The van der Waals surface area contributed by atoms with Crippen LogP contribution < -0.4 is 0 Å². The fourth-order valence-electron chi connectivity index (χ4n) is 3.72. The number of nitrogens with zero attached hydrogens (tertiary/aromatic N) is 6. The summed E-state index contributed by atoms with van der Waals surface area (Å²) in [5, 5.41) is 9.17. The average molecular weight is 471 g/mol. The molecule has 172 valence electrons. The van der Waals surface area contributed by atoms with Crippen molar-refractivity contribution in [2.24, 2.45) is 7.05 Å². The van der Waals surface area contributed by atoms with Crippen molar-refractivity contribution in [2.75, 3.05) is 19.8 Å². The van der Waals surface area contributed by atoms with Gasteiger partial charge in [-0.25, -0.2) is 14.6 Å². The highest BCUT2D eigenvalue weighted by Crippen LogP contribution is 2.42. The van der Waals surface area contributed by atoms with Gasteiger partial charge in [-0.3, -0.25) is 4.68 Å². The number of rotatable bonds is 7. The second kappa shape index (κ2) is 9.16. The standard InChI is InChI=1S/C20H22ClF3N6O2/c1-12-15(10-26-29(12)2)17-14(5-7-32-17)19-27-18(13-3-4-16(21)25-9-13)28-30(19)6-8-31-11-20(22,23)24/h3-4,9-10,14,17H,5-8,11H2,1-2H3/t14-,17-/m1/s1. The van der Waals surface area contributed by atoms with Crippen LogP contribution in [0.3, 0.4) is 0 Å². The number of pyridine rings is 1. The molecule has 2 atom stereocenters. The molecule has 3 aromatic rings. The Balaban J connectivity index is 1.63. The highest BCUT2D eigenvalue weighted by Gasteiger charge is 2.37. The Morgan fingerprint density at radius 3 is 2.75 bits per heavy atom. The summed E-state index contributed by atoms with van der Waals surface area (Å²) in [4.78, 5) is 8.78. The second-order valence-corrected chi connectivity index (χ2v) is 7.94. The molecule has 0 radical (unpaired) electrons. The van der Waals surface area contributed by atoms with Crippen LogP contribution in [0.2, 0.25) is 5.15 Å². The molecular formula is C20H22ClF3N6O2. The van der Waals surface area contributed by atoms with Crippen molar-refractivity contribution in [3.8, 4) is 11.4 Å². The van der Waals surface area contributed by atoms with Crippen molar-refractivity contribution in [3.05, 3.63) is 46.8 Å². The lowest BCUT2D eigenvalue weighted by atomic mass is 9.95. The predicted octanol–water partition coefficient (Wildman–Crippen LogP) is 3.86. The Morgan fingerprint density at radius 2 is 2.09 bits per heavy atom. The van der Waals surface area contributed by atoms with Gasteiger partial charge < -0.3 is 9.47 Å². The molecule has 0 saturated carbocycles. The third-order valence-corrected chi connectivity index (χ3v) is 5.63. The predicted molar refractivity (Wildman–Crippen MR) is 109 cm³/mol. The van der Waals surface area contributed by atoms with Crippen LogP contribution in [0.4, 0.5) is 13.2 Å². The smallest absolute Gasteiger partial charge is 0.373 e. The van der Waals surface area contributed by atoms with E-state index in [-0.39, 0.29) is 25.2 Å². The SMILES string of the molecule is Cc1c([C@@H]2OCC[C@H]2c2nc(-c3ccc(Cl)nc3)nn2CCOCC(F)(F)F)cnn1C.